The van der Waals surface area contributed by atoms with Gasteiger partial charge in [-0.1, -0.05) is 41.7 Å². The molecule has 2 aromatic heterocycles. The van der Waals surface area contributed by atoms with Gasteiger partial charge in [0.15, 0.2) is 5.13 Å². The number of hydrogen-bond donors (Lipinski definition) is 2. The summed E-state index contributed by atoms with van der Waals surface area (Å²) < 4.78 is 0. The molecule has 0 aliphatic carbocycles. The zero-order valence-corrected chi connectivity index (χ0v) is 14.9. The Morgan fingerprint density at radius 2 is 2.08 bits per heavy atom. The molecule has 1 saturated heterocycles. The Kier molecular flexibility index (Phi) is 5.04. The Bertz CT molecular complexity index is 809. The molecular formula is C20H22N4S. The molecule has 4 nitrogen and oxygen atoms in total. The zero-order chi connectivity index (χ0) is 16.9. The second-order valence-corrected chi connectivity index (χ2v) is 7.43. The zero-order valence-electron chi connectivity index (χ0n) is 14.1. The molecule has 4 rings (SSSR count). The number of aromatic nitrogens is 2. The van der Waals surface area contributed by atoms with Crippen LogP contribution in [0.15, 0.2) is 54.9 Å². The highest BCUT2D eigenvalue weighted by atomic mass is 32.1. The van der Waals surface area contributed by atoms with Gasteiger partial charge in [0.05, 0.1) is 4.88 Å². The number of rotatable bonds is 6. The first-order valence-corrected chi connectivity index (χ1v) is 9.65. The van der Waals surface area contributed by atoms with Crippen LogP contribution in [0.5, 0.6) is 0 Å². The number of pyridine rings is 1. The molecule has 1 fully saturated rings. The quantitative estimate of drug-likeness (QED) is 0.680. The molecular weight excluding hydrogens is 328 g/mol. The number of aryl methyl sites for hydroxylation is 1. The number of thiazole rings is 1. The van der Waals surface area contributed by atoms with Crippen molar-refractivity contribution < 1.29 is 0 Å². The summed E-state index contributed by atoms with van der Waals surface area (Å²) in [5, 5.41) is 7.78. The second-order valence-electron chi connectivity index (χ2n) is 6.40. The van der Waals surface area contributed by atoms with Gasteiger partial charge in [-0.15, -0.1) is 0 Å². The minimum absolute atomic E-state index is 0.678. The van der Waals surface area contributed by atoms with E-state index in [1.165, 1.54) is 36.9 Å². The lowest BCUT2D eigenvalue weighted by Crippen LogP contribution is -2.21. The SMILES string of the molecule is c1ccc(-c2cnc(Nc3cc(CC[C@H]4CCCN4)ccn3)s2)cc1. The van der Waals surface area contributed by atoms with Crippen molar-refractivity contribution in [3.63, 3.8) is 0 Å². The van der Waals surface area contributed by atoms with Gasteiger partial charge in [-0.3, -0.25) is 0 Å². The Morgan fingerprint density at radius 1 is 1.16 bits per heavy atom. The maximum atomic E-state index is 4.48. The third-order valence-electron chi connectivity index (χ3n) is 4.57. The fraction of sp³-hybridized carbons (Fsp3) is 0.300. The molecule has 0 spiro atoms. The van der Waals surface area contributed by atoms with Crippen molar-refractivity contribution in [3.05, 3.63) is 60.4 Å². The second kappa shape index (κ2) is 7.76. The third kappa shape index (κ3) is 4.24. The maximum absolute atomic E-state index is 4.48. The van der Waals surface area contributed by atoms with E-state index in [4.69, 9.17) is 0 Å². The third-order valence-corrected chi connectivity index (χ3v) is 5.53. The van der Waals surface area contributed by atoms with Crippen molar-refractivity contribution in [2.24, 2.45) is 0 Å². The molecule has 128 valence electrons. The monoisotopic (exact) mass is 350 g/mol. The molecule has 0 amide bonds. The number of benzene rings is 1. The van der Waals surface area contributed by atoms with Gasteiger partial charge in [-0.2, -0.15) is 0 Å². The number of nitrogens with one attached hydrogen (secondary N) is 2. The van der Waals surface area contributed by atoms with Crippen LogP contribution in [0.3, 0.4) is 0 Å². The lowest BCUT2D eigenvalue weighted by molar-refractivity contribution is 0.559. The molecule has 1 aliphatic rings. The van der Waals surface area contributed by atoms with Crippen LogP contribution in [0.25, 0.3) is 10.4 Å². The summed E-state index contributed by atoms with van der Waals surface area (Å²) in [7, 11) is 0. The normalized spacial score (nSPS) is 16.9. The largest absolute Gasteiger partial charge is 0.316 e. The summed E-state index contributed by atoms with van der Waals surface area (Å²) in [5.74, 6) is 0.867. The molecule has 1 atom stereocenters. The van der Waals surface area contributed by atoms with Crippen LogP contribution < -0.4 is 10.6 Å². The average Bonchev–Trinajstić information content (AvgIpc) is 3.33. The van der Waals surface area contributed by atoms with Crippen molar-refractivity contribution in [3.8, 4) is 10.4 Å². The Hall–Kier alpha value is -2.24. The van der Waals surface area contributed by atoms with Crippen molar-refractivity contribution in [2.75, 3.05) is 11.9 Å². The van der Waals surface area contributed by atoms with Gasteiger partial charge < -0.3 is 10.6 Å². The van der Waals surface area contributed by atoms with E-state index in [1.807, 2.05) is 30.6 Å². The highest BCUT2D eigenvalue weighted by molar-refractivity contribution is 7.18. The van der Waals surface area contributed by atoms with Crippen LogP contribution in [0.2, 0.25) is 0 Å². The molecule has 1 aromatic carbocycles. The van der Waals surface area contributed by atoms with E-state index in [1.54, 1.807) is 11.3 Å². The molecule has 0 unspecified atom stereocenters. The van der Waals surface area contributed by atoms with Gasteiger partial charge in [0.25, 0.3) is 0 Å². The first kappa shape index (κ1) is 16.2. The molecule has 25 heavy (non-hydrogen) atoms. The summed E-state index contributed by atoms with van der Waals surface area (Å²) in [5.41, 5.74) is 2.52. The lowest BCUT2D eigenvalue weighted by atomic mass is 10.1. The van der Waals surface area contributed by atoms with Gasteiger partial charge >= 0.3 is 0 Å². The van der Waals surface area contributed by atoms with Crippen LogP contribution in [-0.4, -0.2) is 22.6 Å². The van der Waals surface area contributed by atoms with Crippen LogP contribution in [0.4, 0.5) is 10.9 Å². The molecule has 3 heterocycles. The van der Waals surface area contributed by atoms with Gasteiger partial charge in [0, 0.05) is 18.4 Å². The smallest absolute Gasteiger partial charge is 0.188 e. The Morgan fingerprint density at radius 3 is 2.92 bits per heavy atom. The van der Waals surface area contributed by atoms with Crippen LogP contribution in [0.1, 0.15) is 24.8 Å². The summed E-state index contributed by atoms with van der Waals surface area (Å²) in [4.78, 5) is 10.1. The lowest BCUT2D eigenvalue weighted by Gasteiger charge is -2.10. The number of anilines is 2. The molecule has 2 N–H and O–H groups in total. The summed E-state index contributed by atoms with van der Waals surface area (Å²) in [6, 6.07) is 15.3. The summed E-state index contributed by atoms with van der Waals surface area (Å²) in [6.45, 7) is 1.17. The topological polar surface area (TPSA) is 49.8 Å². The van der Waals surface area contributed by atoms with Crippen LogP contribution >= 0.6 is 11.3 Å². The van der Waals surface area contributed by atoms with Gasteiger partial charge in [-0.05, 0) is 55.5 Å². The van der Waals surface area contributed by atoms with Gasteiger partial charge in [0.2, 0.25) is 0 Å². The summed E-state index contributed by atoms with van der Waals surface area (Å²) >= 11 is 1.65. The fourth-order valence-corrected chi connectivity index (χ4v) is 4.05. The Labute approximate surface area is 152 Å². The van der Waals surface area contributed by atoms with Gasteiger partial charge in [-0.25, -0.2) is 9.97 Å². The van der Waals surface area contributed by atoms with Crippen molar-refractivity contribution >= 4 is 22.3 Å². The Balaban J connectivity index is 1.40. The van der Waals surface area contributed by atoms with Crippen molar-refractivity contribution in [1.82, 2.24) is 15.3 Å². The van der Waals surface area contributed by atoms with Crippen molar-refractivity contribution in [2.45, 2.75) is 31.7 Å². The van der Waals surface area contributed by atoms with Gasteiger partial charge in [0.1, 0.15) is 5.82 Å². The molecule has 0 bridgehead atoms. The number of nitrogens with zero attached hydrogens (tertiary/aromatic N) is 2. The average molecular weight is 350 g/mol. The van der Waals surface area contributed by atoms with Crippen molar-refractivity contribution in [1.29, 1.82) is 0 Å². The fourth-order valence-electron chi connectivity index (χ4n) is 3.22. The molecule has 1 aliphatic heterocycles. The van der Waals surface area contributed by atoms with E-state index in [9.17, 15) is 0 Å². The van der Waals surface area contributed by atoms with E-state index >= 15 is 0 Å². The maximum Gasteiger partial charge on any atom is 0.188 e. The molecule has 3 aromatic rings. The van der Waals surface area contributed by atoms with E-state index in [0.29, 0.717) is 6.04 Å². The van der Waals surface area contributed by atoms with E-state index in [0.717, 1.165) is 22.2 Å². The van der Waals surface area contributed by atoms with E-state index in [2.05, 4.69) is 44.9 Å². The standard InChI is InChI=1S/C20H22N4S/c1-2-5-16(6-3-1)18-14-23-20(25-18)24-19-13-15(10-12-22-19)8-9-17-7-4-11-21-17/h1-3,5-6,10,12-14,17,21H,4,7-9,11H2,(H,22,23,24)/t17-/m1/s1. The predicted octanol–water partition coefficient (Wildman–Crippen LogP) is 4.63. The van der Waals surface area contributed by atoms with Crippen LogP contribution in [0, 0.1) is 0 Å². The number of hydrogen-bond acceptors (Lipinski definition) is 5. The predicted molar refractivity (Wildman–Crippen MR) is 104 cm³/mol. The minimum Gasteiger partial charge on any atom is -0.316 e. The molecule has 0 radical (unpaired) electrons. The molecule has 0 saturated carbocycles. The van der Waals surface area contributed by atoms with E-state index in [-0.39, 0.29) is 0 Å². The molecule has 5 heteroatoms. The first-order chi connectivity index (χ1) is 12.4. The highest BCUT2D eigenvalue weighted by Gasteiger charge is 2.13. The summed E-state index contributed by atoms with van der Waals surface area (Å²) in [6.07, 6.45) is 8.68. The first-order valence-electron chi connectivity index (χ1n) is 8.83. The van der Waals surface area contributed by atoms with E-state index < -0.39 is 0 Å². The van der Waals surface area contributed by atoms with Crippen LogP contribution in [-0.2, 0) is 6.42 Å². The minimum atomic E-state index is 0.678. The highest BCUT2D eigenvalue weighted by Crippen LogP contribution is 2.30.